The van der Waals surface area contributed by atoms with E-state index < -0.39 is 5.91 Å². The van der Waals surface area contributed by atoms with E-state index in [0.29, 0.717) is 33.0 Å². The van der Waals surface area contributed by atoms with Crippen LogP contribution in [0, 0.1) is 6.92 Å². The van der Waals surface area contributed by atoms with E-state index in [9.17, 15) is 9.59 Å². The molecule has 174 valence electrons. The van der Waals surface area contributed by atoms with Crippen molar-refractivity contribution in [3.8, 4) is 28.4 Å². The lowest BCUT2D eigenvalue weighted by molar-refractivity contribution is -0.112. The van der Waals surface area contributed by atoms with Crippen LogP contribution < -0.4 is 25.2 Å². The van der Waals surface area contributed by atoms with Crippen molar-refractivity contribution in [2.24, 2.45) is 0 Å². The summed E-state index contributed by atoms with van der Waals surface area (Å²) < 4.78 is 17.1. The number of hydrogen-bond acceptors (Lipinski definition) is 7. The predicted octanol–water partition coefficient (Wildman–Crippen LogP) is 4.24. The lowest BCUT2D eigenvalue weighted by Crippen LogP contribution is -2.32. The Bertz CT molecular complexity index is 1420. The summed E-state index contributed by atoms with van der Waals surface area (Å²) in [6, 6.07) is 13.1. The zero-order chi connectivity index (χ0) is 24.2. The molecule has 0 spiro atoms. The van der Waals surface area contributed by atoms with Crippen LogP contribution in [0.1, 0.15) is 10.4 Å². The van der Waals surface area contributed by atoms with Gasteiger partial charge in [0.25, 0.3) is 11.5 Å². The number of nitrogens with zero attached hydrogens (tertiary/aromatic N) is 2. The van der Waals surface area contributed by atoms with Crippen LogP contribution >= 0.6 is 11.3 Å². The summed E-state index contributed by atoms with van der Waals surface area (Å²) in [6.45, 7) is 1.96. The van der Waals surface area contributed by atoms with Crippen molar-refractivity contribution in [3.63, 3.8) is 0 Å². The van der Waals surface area contributed by atoms with Gasteiger partial charge in [0.1, 0.15) is 11.2 Å². The predicted molar refractivity (Wildman–Crippen MR) is 134 cm³/mol. The molecule has 0 aliphatic rings. The molecule has 0 radical (unpaired) electrons. The molecule has 1 N–H and O–H groups in total. The Morgan fingerprint density at radius 2 is 1.74 bits per heavy atom. The average molecular weight is 478 g/mol. The van der Waals surface area contributed by atoms with Crippen molar-refractivity contribution in [1.29, 1.82) is 0 Å². The van der Waals surface area contributed by atoms with Gasteiger partial charge in [-0.05, 0) is 36.3 Å². The van der Waals surface area contributed by atoms with E-state index in [-0.39, 0.29) is 5.56 Å². The van der Waals surface area contributed by atoms with Crippen molar-refractivity contribution >= 4 is 33.5 Å². The van der Waals surface area contributed by atoms with Crippen molar-refractivity contribution in [3.05, 3.63) is 75.7 Å². The van der Waals surface area contributed by atoms with Gasteiger partial charge in [0.05, 0.1) is 26.7 Å². The SMILES string of the molecule is COc1cc(/C=C/C(=O)Nn2cnc3sc(C)c(-c4ccccc4)c3c2=O)cc(OC)c1OC. The van der Waals surface area contributed by atoms with E-state index in [1.54, 1.807) is 18.2 Å². The Morgan fingerprint density at radius 3 is 2.35 bits per heavy atom. The second-order valence-corrected chi connectivity index (χ2v) is 8.47. The summed E-state index contributed by atoms with van der Waals surface area (Å²) in [5.74, 6) is 0.895. The number of fused-ring (bicyclic) bond motifs is 1. The fraction of sp³-hybridized carbons (Fsp3) is 0.160. The van der Waals surface area contributed by atoms with Crippen LogP contribution in [-0.2, 0) is 4.79 Å². The maximum atomic E-state index is 13.2. The number of benzene rings is 2. The maximum Gasteiger partial charge on any atom is 0.281 e. The van der Waals surface area contributed by atoms with E-state index in [2.05, 4.69) is 10.4 Å². The fourth-order valence-electron chi connectivity index (χ4n) is 3.66. The van der Waals surface area contributed by atoms with Crippen LogP contribution in [0.15, 0.2) is 59.7 Å². The minimum Gasteiger partial charge on any atom is -0.493 e. The third-order valence-corrected chi connectivity index (χ3v) is 6.21. The number of nitrogens with one attached hydrogen (secondary N) is 1. The molecule has 0 unspecified atom stereocenters. The minimum atomic E-state index is -0.495. The fourth-order valence-corrected chi connectivity index (χ4v) is 4.66. The molecular weight excluding hydrogens is 454 g/mol. The average Bonchev–Trinajstić information content (AvgIpc) is 3.20. The van der Waals surface area contributed by atoms with Gasteiger partial charge in [-0.1, -0.05) is 30.3 Å². The third kappa shape index (κ3) is 4.38. The number of aryl methyl sites for hydroxylation is 1. The maximum absolute atomic E-state index is 13.2. The summed E-state index contributed by atoms with van der Waals surface area (Å²) in [5, 5.41) is 0.477. The highest BCUT2D eigenvalue weighted by Crippen LogP contribution is 2.38. The van der Waals surface area contributed by atoms with Crippen LogP contribution in [0.4, 0.5) is 0 Å². The van der Waals surface area contributed by atoms with Gasteiger partial charge < -0.3 is 14.2 Å². The largest absolute Gasteiger partial charge is 0.493 e. The molecule has 0 bridgehead atoms. The zero-order valence-corrected chi connectivity index (χ0v) is 19.9. The van der Waals surface area contributed by atoms with Gasteiger partial charge in [0, 0.05) is 16.5 Å². The minimum absolute atomic E-state index is 0.345. The number of methoxy groups -OCH3 is 3. The molecule has 34 heavy (non-hydrogen) atoms. The Balaban J connectivity index is 1.64. The second kappa shape index (κ2) is 9.80. The first-order valence-electron chi connectivity index (χ1n) is 10.3. The van der Waals surface area contributed by atoms with Gasteiger partial charge in [0.2, 0.25) is 5.75 Å². The van der Waals surface area contributed by atoms with Crippen molar-refractivity contribution < 1.29 is 19.0 Å². The summed E-state index contributed by atoms with van der Waals surface area (Å²) in [5.41, 5.74) is 4.64. The van der Waals surface area contributed by atoms with E-state index in [0.717, 1.165) is 20.7 Å². The summed E-state index contributed by atoms with van der Waals surface area (Å²) >= 11 is 1.45. The molecule has 4 aromatic rings. The van der Waals surface area contributed by atoms with Crippen LogP contribution in [0.2, 0.25) is 0 Å². The number of carbonyl (C=O) groups is 1. The van der Waals surface area contributed by atoms with E-state index in [4.69, 9.17) is 14.2 Å². The topological polar surface area (TPSA) is 91.7 Å². The van der Waals surface area contributed by atoms with Gasteiger partial charge in [-0.15, -0.1) is 11.3 Å². The van der Waals surface area contributed by atoms with Gasteiger partial charge >= 0.3 is 0 Å². The third-order valence-electron chi connectivity index (χ3n) is 5.20. The highest BCUT2D eigenvalue weighted by molar-refractivity contribution is 7.19. The normalized spacial score (nSPS) is 11.1. The molecule has 0 fully saturated rings. The number of aromatic nitrogens is 2. The number of thiophene rings is 1. The summed E-state index contributed by atoms with van der Waals surface area (Å²) in [6.07, 6.45) is 4.22. The standard InChI is InChI=1S/C25H23N3O5S/c1-15-21(17-8-6-5-7-9-17)22-24(34-15)26-14-28(25(22)30)27-20(29)11-10-16-12-18(31-2)23(33-4)19(13-16)32-3/h5-14H,1-4H3,(H,27,29)/b11-10+. The number of hydrogen-bond donors (Lipinski definition) is 1. The van der Waals surface area contributed by atoms with Crippen LogP contribution in [0.3, 0.4) is 0 Å². The van der Waals surface area contributed by atoms with Crippen LogP contribution in [0.25, 0.3) is 27.4 Å². The number of rotatable bonds is 7. The monoisotopic (exact) mass is 477 g/mol. The first kappa shape index (κ1) is 23.1. The zero-order valence-electron chi connectivity index (χ0n) is 19.1. The smallest absolute Gasteiger partial charge is 0.281 e. The van der Waals surface area contributed by atoms with Crippen molar-refractivity contribution in [2.45, 2.75) is 6.92 Å². The molecule has 4 rings (SSSR count). The number of ether oxygens (including phenoxy) is 3. The number of carbonyl (C=O) groups excluding carboxylic acids is 1. The molecule has 2 aromatic heterocycles. The van der Waals surface area contributed by atoms with Gasteiger partial charge in [-0.2, -0.15) is 0 Å². The highest BCUT2D eigenvalue weighted by Gasteiger charge is 2.17. The van der Waals surface area contributed by atoms with Gasteiger partial charge in [-0.3, -0.25) is 15.0 Å². The van der Waals surface area contributed by atoms with E-state index in [1.165, 1.54) is 45.1 Å². The van der Waals surface area contributed by atoms with Crippen molar-refractivity contribution in [2.75, 3.05) is 26.8 Å². The molecule has 0 aliphatic heterocycles. The van der Waals surface area contributed by atoms with E-state index >= 15 is 0 Å². The lowest BCUT2D eigenvalue weighted by atomic mass is 10.0. The van der Waals surface area contributed by atoms with E-state index in [1.807, 2.05) is 37.3 Å². The van der Waals surface area contributed by atoms with Crippen molar-refractivity contribution in [1.82, 2.24) is 9.66 Å². The molecule has 2 heterocycles. The second-order valence-electron chi connectivity index (χ2n) is 7.27. The lowest BCUT2D eigenvalue weighted by Gasteiger charge is -2.12. The molecule has 8 nitrogen and oxygen atoms in total. The first-order valence-corrected chi connectivity index (χ1v) is 11.1. The number of amides is 1. The molecule has 0 saturated heterocycles. The molecular formula is C25H23N3O5S. The summed E-state index contributed by atoms with van der Waals surface area (Å²) in [7, 11) is 4.55. The quantitative estimate of drug-likeness (QED) is 0.400. The summed E-state index contributed by atoms with van der Waals surface area (Å²) in [4.78, 5) is 31.8. The van der Waals surface area contributed by atoms with Gasteiger partial charge in [0.15, 0.2) is 11.5 Å². The Hall–Kier alpha value is -4.11. The molecule has 1 amide bonds. The Kier molecular flexibility index (Phi) is 6.65. The van der Waals surface area contributed by atoms with Gasteiger partial charge in [-0.25, -0.2) is 9.66 Å². The molecule has 2 aromatic carbocycles. The van der Waals surface area contributed by atoms with Crippen LogP contribution in [-0.4, -0.2) is 36.9 Å². The Labute approximate surface area is 200 Å². The molecule has 0 saturated carbocycles. The molecule has 9 heteroatoms. The Morgan fingerprint density at radius 1 is 1.06 bits per heavy atom. The molecule has 0 aliphatic carbocycles. The first-order chi connectivity index (χ1) is 16.5. The molecule has 0 atom stereocenters. The van der Waals surface area contributed by atoms with Crippen LogP contribution in [0.5, 0.6) is 17.2 Å². The highest BCUT2D eigenvalue weighted by atomic mass is 32.1.